The molecule has 0 bridgehead atoms. The zero-order chi connectivity index (χ0) is 15.4. The van der Waals surface area contributed by atoms with Crippen LogP contribution < -0.4 is 9.80 Å². The van der Waals surface area contributed by atoms with E-state index >= 15 is 0 Å². The third-order valence-corrected chi connectivity index (χ3v) is 3.44. The van der Waals surface area contributed by atoms with Crippen LogP contribution in [0.25, 0.3) is 0 Å². The highest BCUT2D eigenvalue weighted by molar-refractivity contribution is 5.71. The van der Waals surface area contributed by atoms with E-state index in [0.29, 0.717) is 0 Å². The van der Waals surface area contributed by atoms with E-state index < -0.39 is 0 Å². The molecule has 0 spiro atoms. The van der Waals surface area contributed by atoms with Gasteiger partial charge in [0.2, 0.25) is 0 Å². The zero-order valence-corrected chi connectivity index (χ0v) is 13.0. The second kappa shape index (κ2) is 6.31. The quantitative estimate of drug-likeness (QED) is 0.718. The van der Waals surface area contributed by atoms with Crippen LogP contribution in [0.2, 0.25) is 0 Å². The van der Waals surface area contributed by atoms with Crippen molar-refractivity contribution in [3.8, 4) is 0 Å². The highest BCUT2D eigenvalue weighted by Gasteiger charge is 2.11. The van der Waals surface area contributed by atoms with Crippen LogP contribution in [0.1, 0.15) is 5.56 Å². The monoisotopic (exact) mass is 278 g/mol. The van der Waals surface area contributed by atoms with Gasteiger partial charge in [-0.3, -0.25) is 0 Å². The molecule has 0 heterocycles. The average Bonchev–Trinajstić information content (AvgIpc) is 2.49. The van der Waals surface area contributed by atoms with Gasteiger partial charge in [0.15, 0.2) is 0 Å². The SMILES string of the molecule is C=CC(=C)N(c1ccc(C)cc1)c1ccc(N(C)C)cc1. The van der Waals surface area contributed by atoms with Crippen LogP contribution in [0.15, 0.2) is 73.5 Å². The van der Waals surface area contributed by atoms with E-state index in [-0.39, 0.29) is 0 Å². The minimum Gasteiger partial charge on any atom is -0.378 e. The van der Waals surface area contributed by atoms with Crippen molar-refractivity contribution in [3.05, 3.63) is 79.0 Å². The van der Waals surface area contributed by atoms with Crippen LogP contribution >= 0.6 is 0 Å². The van der Waals surface area contributed by atoms with Crippen molar-refractivity contribution in [2.75, 3.05) is 23.9 Å². The number of benzene rings is 2. The zero-order valence-electron chi connectivity index (χ0n) is 13.0. The third kappa shape index (κ3) is 3.34. The lowest BCUT2D eigenvalue weighted by Crippen LogP contribution is -2.14. The van der Waals surface area contributed by atoms with E-state index in [2.05, 4.69) is 78.4 Å². The number of hydrogen-bond acceptors (Lipinski definition) is 2. The lowest BCUT2D eigenvalue weighted by Gasteiger charge is -2.26. The number of nitrogens with zero attached hydrogens (tertiary/aromatic N) is 2. The standard InChI is InChI=1S/C19H22N2/c1-6-16(3)21(18-9-7-15(2)8-10-18)19-13-11-17(12-14-19)20(4)5/h6-14H,1,3H2,2,4-5H3. The molecule has 0 aromatic heterocycles. The number of hydrogen-bond donors (Lipinski definition) is 0. The lowest BCUT2D eigenvalue weighted by molar-refractivity contribution is 1.13. The Labute approximate surface area is 127 Å². The largest absolute Gasteiger partial charge is 0.378 e. The van der Waals surface area contributed by atoms with Gasteiger partial charge in [-0.25, -0.2) is 0 Å². The minimum absolute atomic E-state index is 0.858. The Bertz CT molecular complexity index is 622. The maximum atomic E-state index is 4.10. The molecule has 0 fully saturated rings. The van der Waals surface area contributed by atoms with E-state index in [1.54, 1.807) is 6.08 Å². The van der Waals surface area contributed by atoms with Gasteiger partial charge in [0.05, 0.1) is 0 Å². The molecule has 0 atom stereocenters. The first kappa shape index (κ1) is 14.9. The van der Waals surface area contributed by atoms with Crippen LogP contribution in [-0.4, -0.2) is 14.1 Å². The van der Waals surface area contributed by atoms with E-state index in [1.807, 2.05) is 14.1 Å². The molecule has 0 saturated carbocycles. The van der Waals surface area contributed by atoms with Gasteiger partial charge < -0.3 is 9.80 Å². The number of allylic oxidation sites excluding steroid dienone is 1. The summed E-state index contributed by atoms with van der Waals surface area (Å²) in [6, 6.07) is 16.8. The second-order valence-corrected chi connectivity index (χ2v) is 5.28. The van der Waals surface area contributed by atoms with Crippen molar-refractivity contribution < 1.29 is 0 Å². The Morgan fingerprint density at radius 3 is 1.71 bits per heavy atom. The molecule has 0 N–H and O–H groups in total. The molecule has 2 aromatic rings. The van der Waals surface area contributed by atoms with Crippen molar-refractivity contribution in [1.82, 2.24) is 0 Å². The predicted octanol–water partition coefficient (Wildman–Crippen LogP) is 4.90. The summed E-state index contributed by atoms with van der Waals surface area (Å²) < 4.78 is 0. The fourth-order valence-corrected chi connectivity index (χ4v) is 2.17. The van der Waals surface area contributed by atoms with Gasteiger partial charge in [0, 0.05) is 36.9 Å². The Morgan fingerprint density at radius 2 is 1.29 bits per heavy atom. The number of rotatable bonds is 5. The summed E-state index contributed by atoms with van der Waals surface area (Å²) >= 11 is 0. The Kier molecular flexibility index (Phi) is 4.49. The van der Waals surface area contributed by atoms with Crippen LogP contribution in [-0.2, 0) is 0 Å². The first-order valence-corrected chi connectivity index (χ1v) is 6.98. The van der Waals surface area contributed by atoms with Gasteiger partial charge in [0.1, 0.15) is 0 Å². The predicted molar refractivity (Wildman–Crippen MR) is 93.4 cm³/mol. The number of aryl methyl sites for hydroxylation is 1. The lowest BCUT2D eigenvalue weighted by atomic mass is 10.1. The van der Waals surface area contributed by atoms with Crippen molar-refractivity contribution >= 4 is 17.1 Å². The molecule has 0 saturated heterocycles. The smallest absolute Gasteiger partial charge is 0.0462 e. The third-order valence-electron chi connectivity index (χ3n) is 3.44. The van der Waals surface area contributed by atoms with Gasteiger partial charge in [-0.2, -0.15) is 0 Å². The molecule has 0 aliphatic rings. The topological polar surface area (TPSA) is 6.48 Å². The summed E-state index contributed by atoms with van der Waals surface area (Å²) in [4.78, 5) is 4.19. The normalized spacial score (nSPS) is 10.0. The van der Waals surface area contributed by atoms with Crippen LogP contribution in [0, 0.1) is 6.92 Å². The van der Waals surface area contributed by atoms with Gasteiger partial charge in [-0.1, -0.05) is 30.9 Å². The molecule has 2 heteroatoms. The van der Waals surface area contributed by atoms with Crippen LogP contribution in [0.4, 0.5) is 17.1 Å². The summed E-state index contributed by atoms with van der Waals surface area (Å²) in [5.74, 6) is 0. The van der Waals surface area contributed by atoms with Crippen molar-refractivity contribution in [3.63, 3.8) is 0 Å². The van der Waals surface area contributed by atoms with E-state index in [4.69, 9.17) is 0 Å². The summed E-state index contributed by atoms with van der Waals surface area (Å²) in [5.41, 5.74) is 5.44. The van der Waals surface area contributed by atoms with Crippen molar-refractivity contribution in [2.45, 2.75) is 6.92 Å². The highest BCUT2D eigenvalue weighted by atomic mass is 15.1. The first-order valence-electron chi connectivity index (χ1n) is 6.98. The summed E-state index contributed by atoms with van der Waals surface area (Å²) in [5, 5.41) is 0. The van der Waals surface area contributed by atoms with Crippen molar-refractivity contribution in [2.24, 2.45) is 0 Å². The highest BCUT2D eigenvalue weighted by Crippen LogP contribution is 2.31. The molecule has 2 nitrogen and oxygen atoms in total. The first-order chi connectivity index (χ1) is 10.0. The molecule has 0 aliphatic heterocycles. The summed E-state index contributed by atoms with van der Waals surface area (Å²) in [7, 11) is 4.07. The average molecular weight is 278 g/mol. The summed E-state index contributed by atoms with van der Waals surface area (Å²) in [6.45, 7) is 10.0. The van der Waals surface area contributed by atoms with Gasteiger partial charge in [-0.15, -0.1) is 0 Å². The molecule has 2 aromatic carbocycles. The maximum absolute atomic E-state index is 4.10. The summed E-state index contributed by atoms with van der Waals surface area (Å²) in [6.07, 6.45) is 1.78. The Morgan fingerprint density at radius 1 is 0.857 bits per heavy atom. The van der Waals surface area contributed by atoms with Gasteiger partial charge in [-0.05, 0) is 49.4 Å². The van der Waals surface area contributed by atoms with E-state index in [1.165, 1.54) is 11.3 Å². The van der Waals surface area contributed by atoms with E-state index in [9.17, 15) is 0 Å². The molecule has 0 radical (unpaired) electrons. The second-order valence-electron chi connectivity index (χ2n) is 5.28. The molecule has 0 amide bonds. The fourth-order valence-electron chi connectivity index (χ4n) is 2.17. The molecular formula is C19H22N2. The molecule has 0 unspecified atom stereocenters. The Hall–Kier alpha value is -2.48. The van der Waals surface area contributed by atoms with Crippen molar-refractivity contribution in [1.29, 1.82) is 0 Å². The fraction of sp³-hybridized carbons (Fsp3) is 0.158. The van der Waals surface area contributed by atoms with Crippen LogP contribution in [0.5, 0.6) is 0 Å². The minimum atomic E-state index is 0.858. The molecule has 0 aliphatic carbocycles. The molecule has 21 heavy (non-hydrogen) atoms. The van der Waals surface area contributed by atoms with Gasteiger partial charge in [0.25, 0.3) is 0 Å². The maximum Gasteiger partial charge on any atom is 0.0462 e. The van der Waals surface area contributed by atoms with E-state index in [0.717, 1.165) is 17.1 Å². The van der Waals surface area contributed by atoms with Crippen LogP contribution in [0.3, 0.4) is 0 Å². The Balaban J connectivity index is 2.43. The molecular weight excluding hydrogens is 256 g/mol. The molecule has 108 valence electrons. The number of anilines is 3. The van der Waals surface area contributed by atoms with Gasteiger partial charge >= 0.3 is 0 Å². The molecule has 2 rings (SSSR count).